The molecule has 0 spiro atoms. The summed E-state index contributed by atoms with van der Waals surface area (Å²) in [5, 5.41) is 9.23. The second-order valence-electron chi connectivity index (χ2n) is 7.19. The number of hydrogen-bond acceptors (Lipinski definition) is 7. The van der Waals surface area contributed by atoms with Crippen molar-refractivity contribution in [3.8, 4) is 11.3 Å². The Hall–Kier alpha value is -3.10. The lowest BCUT2D eigenvalue weighted by Crippen LogP contribution is -2.38. The van der Waals surface area contributed by atoms with Gasteiger partial charge in [-0.25, -0.2) is 14.8 Å². The zero-order chi connectivity index (χ0) is 21.5. The number of amides is 1. The fourth-order valence-corrected chi connectivity index (χ4v) is 3.74. The zero-order valence-corrected chi connectivity index (χ0v) is 18.1. The lowest BCUT2D eigenvalue weighted by atomic mass is 10.1. The van der Waals surface area contributed by atoms with E-state index < -0.39 is 6.09 Å². The average molecular weight is 436 g/mol. The summed E-state index contributed by atoms with van der Waals surface area (Å²) >= 11 is 1.71. The summed E-state index contributed by atoms with van der Waals surface area (Å²) in [4.78, 5) is 22.0. The number of anilines is 3. The number of hydrogen-bond donors (Lipinski definition) is 3. The topological polar surface area (TPSA) is 88.2 Å². The summed E-state index contributed by atoms with van der Waals surface area (Å²) < 4.78 is 5.40. The van der Waals surface area contributed by atoms with Crippen molar-refractivity contribution in [2.24, 2.45) is 0 Å². The Bertz CT molecular complexity index is 1010. The Balaban J connectivity index is 1.35. The molecule has 31 heavy (non-hydrogen) atoms. The van der Waals surface area contributed by atoms with Gasteiger partial charge < -0.3 is 10.1 Å². The molecule has 1 aromatic heterocycles. The molecule has 0 bridgehead atoms. The fourth-order valence-electron chi connectivity index (χ4n) is 3.33. The van der Waals surface area contributed by atoms with Gasteiger partial charge in [0.05, 0.1) is 5.69 Å². The number of piperidine rings is 1. The van der Waals surface area contributed by atoms with Gasteiger partial charge in [-0.3, -0.25) is 10.6 Å². The van der Waals surface area contributed by atoms with Crippen LogP contribution in [0, 0.1) is 0 Å². The number of carbonyl (C=O) groups excluding carboxylic acids is 1. The first kappa shape index (κ1) is 21.1. The first-order chi connectivity index (χ1) is 15.2. The molecule has 160 valence electrons. The Kier molecular flexibility index (Phi) is 7.01. The van der Waals surface area contributed by atoms with Gasteiger partial charge in [0, 0.05) is 27.9 Å². The van der Waals surface area contributed by atoms with Gasteiger partial charge in [-0.2, -0.15) is 0 Å². The van der Waals surface area contributed by atoms with Gasteiger partial charge in [0.1, 0.15) is 12.1 Å². The molecule has 3 aromatic rings. The van der Waals surface area contributed by atoms with Gasteiger partial charge in [-0.15, -0.1) is 11.8 Å². The third-order valence-electron chi connectivity index (χ3n) is 4.97. The van der Waals surface area contributed by atoms with Crippen LogP contribution in [0.1, 0.15) is 19.3 Å². The molecular formula is C23H25N5O2S. The summed E-state index contributed by atoms with van der Waals surface area (Å²) in [7, 11) is 0. The molecule has 1 saturated heterocycles. The predicted octanol–water partition coefficient (Wildman–Crippen LogP) is 5.26. The van der Waals surface area contributed by atoms with Crippen LogP contribution >= 0.6 is 11.8 Å². The lowest BCUT2D eigenvalue weighted by Gasteiger charge is -2.23. The molecule has 1 aliphatic heterocycles. The van der Waals surface area contributed by atoms with E-state index in [-0.39, 0.29) is 6.23 Å². The number of benzene rings is 2. The van der Waals surface area contributed by atoms with E-state index in [1.807, 2.05) is 30.3 Å². The number of aromatic nitrogens is 2. The van der Waals surface area contributed by atoms with Gasteiger partial charge in [0.15, 0.2) is 6.23 Å². The minimum Gasteiger partial charge on any atom is -0.430 e. The van der Waals surface area contributed by atoms with E-state index in [9.17, 15) is 4.79 Å². The van der Waals surface area contributed by atoms with Crippen molar-refractivity contribution in [1.29, 1.82) is 0 Å². The molecule has 3 N–H and O–H groups in total. The molecule has 7 nitrogen and oxygen atoms in total. The lowest BCUT2D eigenvalue weighted by molar-refractivity contribution is 0.0716. The van der Waals surface area contributed by atoms with E-state index in [2.05, 4.69) is 56.4 Å². The molecule has 8 heteroatoms. The molecule has 1 atom stereocenters. The number of ether oxygens (including phenoxy) is 1. The molecule has 2 aromatic carbocycles. The van der Waals surface area contributed by atoms with E-state index in [4.69, 9.17) is 4.74 Å². The second-order valence-corrected chi connectivity index (χ2v) is 8.07. The van der Waals surface area contributed by atoms with Gasteiger partial charge >= 0.3 is 6.09 Å². The van der Waals surface area contributed by atoms with Crippen molar-refractivity contribution in [3.05, 3.63) is 60.9 Å². The van der Waals surface area contributed by atoms with E-state index in [1.165, 1.54) is 4.90 Å². The van der Waals surface area contributed by atoms with Crippen molar-refractivity contribution in [1.82, 2.24) is 15.3 Å². The molecule has 0 aliphatic carbocycles. The monoisotopic (exact) mass is 435 g/mol. The highest BCUT2D eigenvalue weighted by Gasteiger charge is 2.16. The van der Waals surface area contributed by atoms with Gasteiger partial charge in [0.2, 0.25) is 0 Å². The van der Waals surface area contributed by atoms with Crippen LogP contribution < -0.4 is 16.0 Å². The maximum Gasteiger partial charge on any atom is 0.413 e. The Morgan fingerprint density at radius 2 is 1.84 bits per heavy atom. The number of rotatable bonds is 6. The Morgan fingerprint density at radius 3 is 2.55 bits per heavy atom. The van der Waals surface area contributed by atoms with E-state index in [1.54, 1.807) is 18.1 Å². The van der Waals surface area contributed by atoms with Crippen LogP contribution in [0.4, 0.5) is 22.0 Å². The zero-order valence-electron chi connectivity index (χ0n) is 17.3. The molecule has 2 heterocycles. The second kappa shape index (κ2) is 10.3. The van der Waals surface area contributed by atoms with E-state index >= 15 is 0 Å². The summed E-state index contributed by atoms with van der Waals surface area (Å²) in [6, 6.07) is 17.6. The standard InChI is InChI=1S/C23H25N5O2S/c1-31-19-11-5-16(6-12-19)20-14-21(26-15-25-20)27-17-7-9-18(10-8-17)28-23(29)30-22-4-2-3-13-24-22/h5-12,14-15,22,24H,2-4,13H2,1H3,(H,28,29)(H,25,26,27)/t22-/m0/s1. The van der Waals surface area contributed by atoms with Gasteiger partial charge in [-0.05, 0) is 68.5 Å². The summed E-state index contributed by atoms with van der Waals surface area (Å²) in [5.74, 6) is 0.697. The largest absolute Gasteiger partial charge is 0.430 e. The van der Waals surface area contributed by atoms with Gasteiger partial charge in [0.25, 0.3) is 0 Å². The van der Waals surface area contributed by atoms with Crippen LogP contribution in [-0.2, 0) is 4.74 Å². The van der Waals surface area contributed by atoms with Crippen molar-refractivity contribution >= 4 is 35.0 Å². The molecule has 0 saturated carbocycles. The van der Waals surface area contributed by atoms with Crippen LogP contribution in [0.25, 0.3) is 11.3 Å². The molecule has 4 rings (SSSR count). The summed E-state index contributed by atoms with van der Waals surface area (Å²) in [5.41, 5.74) is 3.41. The summed E-state index contributed by atoms with van der Waals surface area (Å²) in [6.45, 7) is 0.881. The minimum atomic E-state index is -0.451. The van der Waals surface area contributed by atoms with E-state index in [0.717, 1.165) is 42.8 Å². The van der Waals surface area contributed by atoms with Crippen molar-refractivity contribution in [2.45, 2.75) is 30.4 Å². The summed E-state index contributed by atoms with van der Waals surface area (Å²) in [6.07, 6.45) is 5.98. The quantitative estimate of drug-likeness (QED) is 0.455. The molecule has 1 fully saturated rings. The van der Waals surface area contributed by atoms with Crippen LogP contribution in [0.15, 0.2) is 65.8 Å². The number of carbonyl (C=O) groups is 1. The maximum atomic E-state index is 12.1. The van der Waals surface area contributed by atoms with E-state index in [0.29, 0.717) is 11.5 Å². The SMILES string of the molecule is CSc1ccc(-c2cc(Nc3ccc(NC(=O)O[C@H]4CCCCN4)cc3)ncn2)cc1. The average Bonchev–Trinajstić information content (AvgIpc) is 2.81. The molecule has 1 amide bonds. The molecule has 1 aliphatic rings. The number of thioether (sulfide) groups is 1. The van der Waals surface area contributed by atoms with Crippen LogP contribution in [0.5, 0.6) is 0 Å². The Morgan fingerprint density at radius 1 is 1.06 bits per heavy atom. The number of nitrogens with one attached hydrogen (secondary N) is 3. The normalized spacial score (nSPS) is 15.8. The Labute approximate surface area is 186 Å². The van der Waals surface area contributed by atoms with Gasteiger partial charge in [-0.1, -0.05) is 12.1 Å². The molecule has 0 unspecified atom stereocenters. The fraction of sp³-hybridized carbons (Fsp3) is 0.261. The van der Waals surface area contributed by atoms with Crippen molar-refractivity contribution in [3.63, 3.8) is 0 Å². The molecular weight excluding hydrogens is 410 g/mol. The predicted molar refractivity (Wildman–Crippen MR) is 125 cm³/mol. The highest BCUT2D eigenvalue weighted by atomic mass is 32.2. The van der Waals surface area contributed by atoms with Crippen LogP contribution in [-0.4, -0.2) is 35.1 Å². The first-order valence-corrected chi connectivity index (χ1v) is 11.5. The highest BCUT2D eigenvalue weighted by Crippen LogP contribution is 2.24. The van der Waals surface area contributed by atoms with Crippen molar-refractivity contribution in [2.75, 3.05) is 23.4 Å². The smallest absolute Gasteiger partial charge is 0.413 e. The maximum absolute atomic E-state index is 12.1. The van der Waals surface area contributed by atoms with Crippen LogP contribution in [0.3, 0.4) is 0 Å². The molecule has 0 radical (unpaired) electrons. The third kappa shape index (κ3) is 5.96. The van der Waals surface area contributed by atoms with Crippen LogP contribution in [0.2, 0.25) is 0 Å². The highest BCUT2D eigenvalue weighted by molar-refractivity contribution is 7.98. The number of nitrogens with zero attached hydrogens (tertiary/aromatic N) is 2. The third-order valence-corrected chi connectivity index (χ3v) is 5.71. The van der Waals surface area contributed by atoms with Crippen molar-refractivity contribution < 1.29 is 9.53 Å². The minimum absolute atomic E-state index is 0.210. The first-order valence-electron chi connectivity index (χ1n) is 10.2.